The van der Waals surface area contributed by atoms with E-state index in [0.29, 0.717) is 12.0 Å². The zero-order valence-corrected chi connectivity index (χ0v) is 17.4. The second-order valence-corrected chi connectivity index (χ2v) is 10.6. The van der Waals surface area contributed by atoms with Crippen LogP contribution in [-0.4, -0.2) is 25.7 Å². The molecule has 6 heteroatoms. The van der Waals surface area contributed by atoms with Gasteiger partial charge in [0.05, 0.1) is 17.4 Å². The van der Waals surface area contributed by atoms with E-state index in [1.54, 1.807) is 32.9 Å². The van der Waals surface area contributed by atoms with E-state index in [2.05, 4.69) is 15.9 Å². The van der Waals surface area contributed by atoms with Gasteiger partial charge in [-0.3, -0.25) is 4.79 Å². The zero-order valence-electron chi connectivity index (χ0n) is 15.0. The first-order valence-electron chi connectivity index (χ1n) is 8.06. The molecule has 4 nitrogen and oxygen atoms in total. The van der Waals surface area contributed by atoms with E-state index >= 15 is 0 Å². The number of rotatable bonds is 7. The average Bonchev–Trinajstić information content (AvgIpc) is 2.37. The van der Waals surface area contributed by atoms with Gasteiger partial charge in [-0.1, -0.05) is 41.9 Å². The summed E-state index contributed by atoms with van der Waals surface area (Å²) in [6.45, 7) is 9.30. The predicted molar refractivity (Wildman–Crippen MR) is 100 cm³/mol. The van der Waals surface area contributed by atoms with E-state index in [-0.39, 0.29) is 17.4 Å². The molecule has 136 valence electrons. The maximum Gasteiger partial charge on any atom is 0.310 e. The fourth-order valence-electron chi connectivity index (χ4n) is 2.39. The van der Waals surface area contributed by atoms with Gasteiger partial charge in [-0.25, -0.2) is 8.42 Å². The molecule has 1 aromatic carbocycles. The highest BCUT2D eigenvalue weighted by Crippen LogP contribution is 2.21. The van der Waals surface area contributed by atoms with Crippen LogP contribution in [0, 0.1) is 11.8 Å². The number of carbonyl (C=O) groups is 1. The van der Waals surface area contributed by atoms with Crippen LogP contribution < -0.4 is 0 Å². The van der Waals surface area contributed by atoms with Crippen molar-refractivity contribution in [3.8, 4) is 0 Å². The monoisotopic (exact) mass is 418 g/mol. The number of carbonyl (C=O) groups excluding carboxylic acids is 1. The van der Waals surface area contributed by atoms with Gasteiger partial charge in [0.1, 0.15) is 5.60 Å². The maximum absolute atomic E-state index is 12.5. The highest BCUT2D eigenvalue weighted by Gasteiger charge is 2.30. The molecule has 0 aromatic heterocycles. The summed E-state index contributed by atoms with van der Waals surface area (Å²) in [5.41, 5.74) is 0.0904. The third-order valence-electron chi connectivity index (χ3n) is 3.25. The van der Waals surface area contributed by atoms with Gasteiger partial charge in [-0.15, -0.1) is 0 Å². The van der Waals surface area contributed by atoms with E-state index in [1.807, 2.05) is 26.0 Å². The minimum Gasteiger partial charge on any atom is -0.460 e. The normalized spacial score (nSPS) is 13.8. The molecule has 0 saturated carbocycles. The minimum absolute atomic E-state index is 0.0718. The van der Waals surface area contributed by atoms with Crippen molar-refractivity contribution in [2.24, 2.45) is 11.8 Å². The molecule has 0 bridgehead atoms. The van der Waals surface area contributed by atoms with Crippen LogP contribution in [0.15, 0.2) is 28.7 Å². The average molecular weight is 419 g/mol. The van der Waals surface area contributed by atoms with E-state index in [0.717, 1.165) is 4.47 Å². The molecule has 0 spiro atoms. The quantitative estimate of drug-likeness (QED) is 0.616. The fraction of sp³-hybridized carbons (Fsp3) is 0.611. The molecule has 1 aromatic rings. The second-order valence-electron chi connectivity index (χ2n) is 7.54. The Morgan fingerprint density at radius 2 is 1.71 bits per heavy atom. The number of halogens is 1. The lowest BCUT2D eigenvalue weighted by atomic mass is 9.98. The van der Waals surface area contributed by atoms with Gasteiger partial charge in [-0.2, -0.15) is 0 Å². The van der Waals surface area contributed by atoms with Crippen LogP contribution in [0.2, 0.25) is 0 Å². The van der Waals surface area contributed by atoms with E-state index in [1.165, 1.54) is 0 Å². The Hall–Kier alpha value is -0.880. The Morgan fingerprint density at radius 3 is 2.17 bits per heavy atom. The topological polar surface area (TPSA) is 60.4 Å². The summed E-state index contributed by atoms with van der Waals surface area (Å²) >= 11 is 3.33. The summed E-state index contributed by atoms with van der Waals surface area (Å²) in [6, 6.07) is 7.16. The first-order valence-corrected chi connectivity index (χ1v) is 10.7. The summed E-state index contributed by atoms with van der Waals surface area (Å²) in [5, 5.41) is 0. The molecule has 0 amide bonds. The predicted octanol–water partition coefficient (Wildman–Crippen LogP) is 4.37. The Kier molecular flexibility index (Phi) is 7.47. The summed E-state index contributed by atoms with van der Waals surface area (Å²) in [6.07, 6.45) is 0.495. The smallest absolute Gasteiger partial charge is 0.310 e. The number of ether oxygens (including phenoxy) is 1. The minimum atomic E-state index is -3.41. The number of benzene rings is 1. The van der Waals surface area contributed by atoms with Gasteiger partial charge < -0.3 is 4.74 Å². The Bertz CT molecular complexity index is 643. The maximum atomic E-state index is 12.5. The molecule has 1 rings (SSSR count). The summed E-state index contributed by atoms with van der Waals surface area (Å²) in [7, 11) is -3.41. The lowest BCUT2D eigenvalue weighted by Crippen LogP contribution is -2.33. The highest BCUT2D eigenvalue weighted by molar-refractivity contribution is 9.10. The van der Waals surface area contributed by atoms with E-state index < -0.39 is 27.3 Å². The second kappa shape index (κ2) is 8.48. The summed E-state index contributed by atoms with van der Waals surface area (Å²) < 4.78 is 31.4. The van der Waals surface area contributed by atoms with Crippen LogP contribution in [0.4, 0.5) is 0 Å². The van der Waals surface area contributed by atoms with Crippen LogP contribution in [0.5, 0.6) is 0 Å². The van der Waals surface area contributed by atoms with Crippen molar-refractivity contribution in [3.63, 3.8) is 0 Å². The molecular weight excluding hydrogens is 392 g/mol. The third-order valence-corrected chi connectivity index (χ3v) is 5.46. The van der Waals surface area contributed by atoms with Crippen molar-refractivity contribution >= 4 is 31.7 Å². The van der Waals surface area contributed by atoms with Crippen molar-refractivity contribution in [1.82, 2.24) is 0 Å². The Labute approximate surface area is 154 Å². The first-order chi connectivity index (χ1) is 10.9. The van der Waals surface area contributed by atoms with E-state index in [9.17, 15) is 13.2 Å². The van der Waals surface area contributed by atoms with Crippen LogP contribution in [0.3, 0.4) is 0 Å². The number of hydrogen-bond acceptors (Lipinski definition) is 4. The highest BCUT2D eigenvalue weighted by atomic mass is 79.9. The van der Waals surface area contributed by atoms with Gasteiger partial charge in [0.25, 0.3) is 0 Å². The Balaban J connectivity index is 2.87. The molecule has 0 heterocycles. The van der Waals surface area contributed by atoms with Crippen molar-refractivity contribution in [2.45, 2.75) is 52.4 Å². The van der Waals surface area contributed by atoms with Gasteiger partial charge in [0.2, 0.25) is 0 Å². The zero-order chi connectivity index (χ0) is 18.5. The first kappa shape index (κ1) is 21.2. The van der Waals surface area contributed by atoms with E-state index in [4.69, 9.17) is 4.74 Å². The third kappa shape index (κ3) is 8.29. The molecule has 24 heavy (non-hydrogen) atoms. The molecule has 0 radical (unpaired) electrons. The van der Waals surface area contributed by atoms with Crippen molar-refractivity contribution in [3.05, 3.63) is 34.3 Å². The van der Waals surface area contributed by atoms with Crippen molar-refractivity contribution in [2.75, 3.05) is 5.75 Å². The van der Waals surface area contributed by atoms with Gasteiger partial charge >= 0.3 is 5.97 Å². The number of hydrogen-bond donors (Lipinski definition) is 0. The molecule has 0 fully saturated rings. The molecule has 0 saturated heterocycles. The lowest BCUT2D eigenvalue weighted by Gasteiger charge is -2.25. The molecular formula is C18H27BrO4S. The lowest BCUT2D eigenvalue weighted by molar-refractivity contribution is -0.159. The number of esters is 1. The SMILES string of the molecule is CC(C)C[C@H](CS(=O)(=O)Cc1ccc(Br)cc1)C(=O)OC(C)(C)C. The standard InChI is InChI=1S/C18H27BrO4S/c1-13(2)10-15(17(20)23-18(3,4)5)12-24(21,22)11-14-6-8-16(19)9-7-14/h6-9,13,15H,10-12H2,1-5H3/t15-/m1/s1. The van der Waals surface area contributed by atoms with Gasteiger partial charge in [0.15, 0.2) is 9.84 Å². The summed E-state index contributed by atoms with van der Waals surface area (Å²) in [4.78, 5) is 12.4. The van der Waals surface area contributed by atoms with Crippen LogP contribution in [0.25, 0.3) is 0 Å². The molecule has 0 N–H and O–H groups in total. The van der Waals surface area contributed by atoms with Crippen molar-refractivity contribution in [1.29, 1.82) is 0 Å². The van der Waals surface area contributed by atoms with Gasteiger partial charge in [-0.05, 0) is 50.8 Å². The molecule has 0 aliphatic carbocycles. The fourth-order valence-corrected chi connectivity index (χ4v) is 4.35. The molecule has 0 aliphatic heterocycles. The molecule has 0 unspecified atom stereocenters. The summed E-state index contributed by atoms with van der Waals surface area (Å²) in [5.74, 6) is -1.11. The Morgan fingerprint density at radius 1 is 1.17 bits per heavy atom. The number of sulfone groups is 1. The van der Waals surface area contributed by atoms with Gasteiger partial charge in [0, 0.05) is 4.47 Å². The molecule has 1 atom stereocenters. The van der Waals surface area contributed by atoms with Crippen LogP contribution in [0.1, 0.15) is 46.6 Å². The van der Waals surface area contributed by atoms with Crippen LogP contribution in [-0.2, 0) is 25.1 Å². The largest absolute Gasteiger partial charge is 0.460 e. The van der Waals surface area contributed by atoms with Crippen molar-refractivity contribution < 1.29 is 17.9 Å². The molecule has 0 aliphatic rings. The van der Waals surface area contributed by atoms with Crippen LogP contribution >= 0.6 is 15.9 Å².